The van der Waals surface area contributed by atoms with Crippen LogP contribution in [0.1, 0.15) is 30.4 Å². The van der Waals surface area contributed by atoms with Crippen LogP contribution in [0.15, 0.2) is 24.3 Å². The van der Waals surface area contributed by atoms with Crippen molar-refractivity contribution in [2.45, 2.75) is 32.8 Å². The molecule has 1 saturated carbocycles. The van der Waals surface area contributed by atoms with Gasteiger partial charge >= 0.3 is 0 Å². The van der Waals surface area contributed by atoms with Crippen LogP contribution in [0, 0.1) is 18.8 Å². The normalized spacial score (nSPS) is 24.1. The number of rotatable bonds is 5. The Kier molecular flexibility index (Phi) is 4.57. The van der Waals surface area contributed by atoms with Crippen LogP contribution in [0.5, 0.6) is 0 Å². The van der Waals surface area contributed by atoms with Crippen LogP contribution in [0.3, 0.4) is 0 Å². The highest BCUT2D eigenvalue weighted by Gasteiger charge is 2.25. The number of benzene rings is 1. The summed E-state index contributed by atoms with van der Waals surface area (Å²) in [6, 6.07) is 8.52. The van der Waals surface area contributed by atoms with E-state index in [-0.39, 0.29) is 0 Å². The summed E-state index contributed by atoms with van der Waals surface area (Å²) >= 11 is 0. The first-order chi connectivity index (χ1) is 8.29. The van der Waals surface area contributed by atoms with E-state index < -0.39 is 0 Å². The third-order valence-corrected chi connectivity index (χ3v) is 3.80. The lowest BCUT2D eigenvalue weighted by Crippen LogP contribution is -2.22. The smallest absolute Gasteiger partial charge is 0.0717 e. The summed E-state index contributed by atoms with van der Waals surface area (Å²) in [5.41, 5.74) is 8.34. The van der Waals surface area contributed by atoms with Crippen LogP contribution in [-0.2, 0) is 11.3 Å². The lowest BCUT2D eigenvalue weighted by atomic mass is 9.97. The molecule has 2 unspecified atom stereocenters. The molecule has 1 aromatic rings. The van der Waals surface area contributed by atoms with Gasteiger partial charge < -0.3 is 10.5 Å². The van der Waals surface area contributed by atoms with E-state index >= 15 is 0 Å². The summed E-state index contributed by atoms with van der Waals surface area (Å²) in [5.74, 6) is 1.37. The maximum absolute atomic E-state index is 5.84. The Balaban J connectivity index is 1.76. The minimum Gasteiger partial charge on any atom is -0.376 e. The molecule has 1 aliphatic rings. The molecular weight excluding hydrogens is 210 g/mol. The molecule has 2 N–H and O–H groups in total. The van der Waals surface area contributed by atoms with Crippen molar-refractivity contribution in [1.82, 2.24) is 0 Å². The van der Waals surface area contributed by atoms with Gasteiger partial charge in [-0.2, -0.15) is 0 Å². The fourth-order valence-electron chi connectivity index (χ4n) is 2.77. The highest BCUT2D eigenvalue weighted by molar-refractivity contribution is 5.21. The van der Waals surface area contributed by atoms with Crippen molar-refractivity contribution in [2.75, 3.05) is 13.2 Å². The number of hydrogen-bond donors (Lipinski definition) is 1. The van der Waals surface area contributed by atoms with Crippen LogP contribution in [0.2, 0.25) is 0 Å². The largest absolute Gasteiger partial charge is 0.376 e. The Hall–Kier alpha value is -0.860. The maximum Gasteiger partial charge on any atom is 0.0717 e. The lowest BCUT2D eigenvalue weighted by molar-refractivity contribution is 0.0753. The molecule has 0 radical (unpaired) electrons. The second-order valence-electron chi connectivity index (χ2n) is 5.19. The van der Waals surface area contributed by atoms with Crippen molar-refractivity contribution < 1.29 is 4.74 Å². The zero-order valence-electron chi connectivity index (χ0n) is 10.7. The Morgan fingerprint density at radius 1 is 1.29 bits per heavy atom. The van der Waals surface area contributed by atoms with Gasteiger partial charge in [0.1, 0.15) is 0 Å². The number of hydrogen-bond acceptors (Lipinski definition) is 2. The maximum atomic E-state index is 5.84. The minimum absolute atomic E-state index is 0.685. The molecule has 0 aliphatic heterocycles. The van der Waals surface area contributed by atoms with Crippen molar-refractivity contribution >= 4 is 0 Å². The van der Waals surface area contributed by atoms with Crippen molar-refractivity contribution in [3.05, 3.63) is 35.4 Å². The molecule has 1 fully saturated rings. The summed E-state index contributed by atoms with van der Waals surface area (Å²) in [6.45, 7) is 4.54. The molecule has 0 saturated heterocycles. The molecule has 17 heavy (non-hydrogen) atoms. The zero-order chi connectivity index (χ0) is 12.1. The highest BCUT2D eigenvalue weighted by atomic mass is 16.5. The molecule has 2 nitrogen and oxygen atoms in total. The highest BCUT2D eigenvalue weighted by Crippen LogP contribution is 2.31. The number of nitrogens with two attached hydrogens (primary N) is 1. The Bertz CT molecular complexity index is 351. The van der Waals surface area contributed by atoms with Crippen LogP contribution in [-0.4, -0.2) is 13.2 Å². The fraction of sp³-hybridized carbons (Fsp3) is 0.600. The van der Waals surface area contributed by atoms with E-state index in [0.29, 0.717) is 11.8 Å². The third kappa shape index (κ3) is 3.55. The predicted molar refractivity (Wildman–Crippen MR) is 70.7 cm³/mol. The van der Waals surface area contributed by atoms with E-state index in [1.54, 1.807) is 0 Å². The van der Waals surface area contributed by atoms with Crippen LogP contribution < -0.4 is 5.73 Å². The van der Waals surface area contributed by atoms with Gasteiger partial charge in [-0.25, -0.2) is 0 Å². The van der Waals surface area contributed by atoms with Gasteiger partial charge in [-0.15, -0.1) is 0 Å². The molecule has 2 heteroatoms. The van der Waals surface area contributed by atoms with Gasteiger partial charge in [0, 0.05) is 0 Å². The van der Waals surface area contributed by atoms with E-state index in [0.717, 1.165) is 19.8 Å². The van der Waals surface area contributed by atoms with Gasteiger partial charge in [0.15, 0.2) is 0 Å². The third-order valence-electron chi connectivity index (χ3n) is 3.80. The second-order valence-corrected chi connectivity index (χ2v) is 5.19. The quantitative estimate of drug-likeness (QED) is 0.848. The predicted octanol–water partition coefficient (Wildman–Crippen LogP) is 2.89. The number of aryl methyl sites for hydroxylation is 1. The Morgan fingerprint density at radius 2 is 2.12 bits per heavy atom. The number of ether oxygens (including phenoxy) is 1. The summed E-state index contributed by atoms with van der Waals surface area (Å²) < 4.78 is 5.84. The monoisotopic (exact) mass is 233 g/mol. The van der Waals surface area contributed by atoms with Gasteiger partial charge in [0.25, 0.3) is 0 Å². The Morgan fingerprint density at radius 3 is 2.88 bits per heavy atom. The van der Waals surface area contributed by atoms with E-state index in [2.05, 4.69) is 31.2 Å². The summed E-state index contributed by atoms with van der Waals surface area (Å²) in [6.07, 6.45) is 3.89. The van der Waals surface area contributed by atoms with Gasteiger partial charge in [-0.1, -0.05) is 36.2 Å². The Labute approximate surface area is 104 Å². The summed E-state index contributed by atoms with van der Waals surface area (Å²) in [5, 5.41) is 0. The molecule has 0 amide bonds. The summed E-state index contributed by atoms with van der Waals surface area (Å²) in [7, 11) is 0. The van der Waals surface area contributed by atoms with Crippen LogP contribution >= 0.6 is 0 Å². The molecular formula is C15H23NO. The van der Waals surface area contributed by atoms with Gasteiger partial charge in [0.05, 0.1) is 13.2 Å². The molecule has 1 aliphatic carbocycles. The van der Waals surface area contributed by atoms with Crippen LogP contribution in [0.4, 0.5) is 0 Å². The van der Waals surface area contributed by atoms with E-state index in [9.17, 15) is 0 Å². The van der Waals surface area contributed by atoms with E-state index in [4.69, 9.17) is 10.5 Å². The molecule has 0 spiro atoms. The average molecular weight is 233 g/mol. The lowest BCUT2D eigenvalue weighted by Gasteiger charge is -2.17. The second kappa shape index (κ2) is 6.18. The summed E-state index contributed by atoms with van der Waals surface area (Å²) in [4.78, 5) is 0. The van der Waals surface area contributed by atoms with Gasteiger partial charge in [-0.05, 0) is 43.7 Å². The van der Waals surface area contributed by atoms with E-state index in [1.165, 1.54) is 30.4 Å². The van der Waals surface area contributed by atoms with Crippen LogP contribution in [0.25, 0.3) is 0 Å². The first-order valence-corrected chi connectivity index (χ1v) is 6.63. The van der Waals surface area contributed by atoms with Crippen molar-refractivity contribution in [1.29, 1.82) is 0 Å². The molecule has 0 bridgehead atoms. The SMILES string of the molecule is Cc1cccc(COCC2CCCC2CN)c1. The fourth-order valence-corrected chi connectivity index (χ4v) is 2.77. The first kappa shape index (κ1) is 12.6. The first-order valence-electron chi connectivity index (χ1n) is 6.63. The molecule has 0 heterocycles. The molecule has 2 rings (SSSR count). The molecule has 1 aromatic carbocycles. The van der Waals surface area contributed by atoms with E-state index in [1.807, 2.05) is 0 Å². The minimum atomic E-state index is 0.685. The van der Waals surface area contributed by atoms with Crippen molar-refractivity contribution in [3.8, 4) is 0 Å². The molecule has 2 atom stereocenters. The topological polar surface area (TPSA) is 35.2 Å². The average Bonchev–Trinajstić information content (AvgIpc) is 2.77. The molecule has 0 aromatic heterocycles. The molecule has 94 valence electrons. The van der Waals surface area contributed by atoms with Gasteiger partial charge in [0.2, 0.25) is 0 Å². The van der Waals surface area contributed by atoms with Gasteiger partial charge in [-0.3, -0.25) is 0 Å². The van der Waals surface area contributed by atoms with Crippen molar-refractivity contribution in [3.63, 3.8) is 0 Å². The van der Waals surface area contributed by atoms with Crippen molar-refractivity contribution in [2.24, 2.45) is 17.6 Å². The zero-order valence-corrected chi connectivity index (χ0v) is 10.7. The standard InChI is InChI=1S/C15H23NO/c1-12-4-2-5-13(8-12)10-17-11-15-7-3-6-14(15)9-16/h2,4-5,8,14-15H,3,6-7,9-11,16H2,1H3.